The van der Waals surface area contributed by atoms with Gasteiger partial charge < -0.3 is 10.2 Å². The molecule has 0 bridgehead atoms. The summed E-state index contributed by atoms with van der Waals surface area (Å²) < 4.78 is 14.7. The number of nitrogens with zero attached hydrogens (tertiary/aromatic N) is 4. The van der Waals surface area contributed by atoms with Crippen molar-refractivity contribution >= 4 is 0 Å². The first-order chi connectivity index (χ1) is 10.2. The van der Waals surface area contributed by atoms with E-state index in [1.165, 1.54) is 12.1 Å². The molecule has 0 aliphatic carbocycles. The van der Waals surface area contributed by atoms with Gasteiger partial charge in [0.25, 0.3) is 0 Å². The molecule has 0 atom stereocenters. The van der Waals surface area contributed by atoms with Gasteiger partial charge in [-0.25, -0.2) is 4.39 Å². The Kier molecular flexibility index (Phi) is 5.83. The lowest BCUT2D eigenvalue weighted by Crippen LogP contribution is -2.23. The van der Waals surface area contributed by atoms with Gasteiger partial charge in [0.1, 0.15) is 5.82 Å². The van der Waals surface area contributed by atoms with Crippen LogP contribution >= 0.6 is 0 Å². The Morgan fingerprint density at radius 2 is 2.05 bits per heavy atom. The Labute approximate surface area is 124 Å². The second-order valence-electron chi connectivity index (χ2n) is 5.12. The summed E-state index contributed by atoms with van der Waals surface area (Å²) in [6, 6.07) is 6.62. The number of likely N-dealkylation sites (N-methyl/N-ethyl adjacent to an activating group) is 1. The maximum atomic E-state index is 12.8. The molecule has 0 saturated heterocycles. The van der Waals surface area contributed by atoms with Crippen molar-refractivity contribution in [2.75, 3.05) is 20.1 Å². The summed E-state index contributed by atoms with van der Waals surface area (Å²) in [4.78, 5) is 2.18. The topological polar surface area (TPSA) is 46.0 Å². The molecule has 1 aromatic heterocycles. The van der Waals surface area contributed by atoms with Crippen molar-refractivity contribution in [3.63, 3.8) is 0 Å². The van der Waals surface area contributed by atoms with Crippen LogP contribution in [0.4, 0.5) is 4.39 Å². The summed E-state index contributed by atoms with van der Waals surface area (Å²) in [5, 5.41) is 11.4. The fourth-order valence-corrected chi connectivity index (χ4v) is 2.04. The van der Waals surface area contributed by atoms with Crippen molar-refractivity contribution in [1.82, 2.24) is 25.2 Å². The first kappa shape index (κ1) is 15.6. The zero-order valence-corrected chi connectivity index (χ0v) is 12.6. The number of hydrogen-bond donors (Lipinski definition) is 1. The number of hydrogen-bond acceptors (Lipinski definition) is 4. The quantitative estimate of drug-likeness (QED) is 0.803. The van der Waals surface area contributed by atoms with Gasteiger partial charge in [0, 0.05) is 25.8 Å². The monoisotopic (exact) mass is 291 g/mol. The fraction of sp³-hybridized carbons (Fsp3) is 0.467. The van der Waals surface area contributed by atoms with Crippen LogP contribution in [0, 0.1) is 5.82 Å². The van der Waals surface area contributed by atoms with E-state index in [0.717, 1.165) is 44.0 Å². The van der Waals surface area contributed by atoms with E-state index in [4.69, 9.17) is 0 Å². The van der Waals surface area contributed by atoms with Crippen LogP contribution in [0.15, 0.2) is 30.5 Å². The van der Waals surface area contributed by atoms with E-state index in [-0.39, 0.29) is 5.82 Å². The molecule has 0 amide bonds. The minimum atomic E-state index is -0.197. The number of benzene rings is 1. The number of nitrogens with one attached hydrogen (secondary N) is 1. The first-order valence-electron chi connectivity index (χ1n) is 7.20. The average Bonchev–Trinajstić information content (AvgIpc) is 2.93. The molecular formula is C15H22FN5. The van der Waals surface area contributed by atoms with Crippen LogP contribution in [0.5, 0.6) is 0 Å². The van der Waals surface area contributed by atoms with Crippen molar-refractivity contribution in [2.45, 2.75) is 26.6 Å². The molecule has 2 aromatic rings. The zero-order chi connectivity index (χ0) is 15.1. The van der Waals surface area contributed by atoms with Crippen molar-refractivity contribution in [2.24, 2.45) is 0 Å². The molecule has 0 aliphatic rings. The van der Waals surface area contributed by atoms with E-state index in [2.05, 4.69) is 27.5 Å². The highest BCUT2D eigenvalue weighted by atomic mass is 19.1. The van der Waals surface area contributed by atoms with Crippen LogP contribution in [0.3, 0.4) is 0 Å². The van der Waals surface area contributed by atoms with E-state index in [0.29, 0.717) is 0 Å². The maximum Gasteiger partial charge on any atom is 0.123 e. The Balaban J connectivity index is 1.76. The van der Waals surface area contributed by atoms with Crippen LogP contribution in [0.2, 0.25) is 0 Å². The molecule has 21 heavy (non-hydrogen) atoms. The molecule has 1 heterocycles. The van der Waals surface area contributed by atoms with E-state index in [9.17, 15) is 4.39 Å². The van der Waals surface area contributed by atoms with Crippen LogP contribution in [-0.2, 0) is 19.6 Å². The van der Waals surface area contributed by atoms with Crippen LogP contribution in [-0.4, -0.2) is 40.0 Å². The summed E-state index contributed by atoms with van der Waals surface area (Å²) in [5.74, 6) is -0.197. The van der Waals surface area contributed by atoms with E-state index in [1.807, 2.05) is 30.1 Å². The second kappa shape index (κ2) is 7.85. The van der Waals surface area contributed by atoms with E-state index in [1.54, 1.807) is 0 Å². The summed E-state index contributed by atoms with van der Waals surface area (Å²) in [5.41, 5.74) is 2.06. The van der Waals surface area contributed by atoms with Crippen molar-refractivity contribution in [3.05, 3.63) is 47.5 Å². The minimum absolute atomic E-state index is 0.197. The van der Waals surface area contributed by atoms with Gasteiger partial charge in [-0.2, -0.15) is 0 Å². The lowest BCUT2D eigenvalue weighted by Gasteiger charge is -2.16. The predicted octanol–water partition coefficient (Wildman–Crippen LogP) is 1.66. The average molecular weight is 291 g/mol. The Morgan fingerprint density at radius 3 is 2.76 bits per heavy atom. The lowest BCUT2D eigenvalue weighted by atomic mass is 10.2. The molecule has 0 fully saturated rings. The van der Waals surface area contributed by atoms with Gasteiger partial charge in [0.15, 0.2) is 0 Å². The molecule has 0 unspecified atom stereocenters. The Hall–Kier alpha value is -1.79. The first-order valence-corrected chi connectivity index (χ1v) is 7.20. The van der Waals surface area contributed by atoms with E-state index < -0.39 is 0 Å². The van der Waals surface area contributed by atoms with Gasteiger partial charge in [-0.1, -0.05) is 24.3 Å². The highest BCUT2D eigenvalue weighted by Gasteiger charge is 2.03. The maximum absolute atomic E-state index is 12.8. The molecule has 1 N–H and O–H groups in total. The predicted molar refractivity (Wildman–Crippen MR) is 80.1 cm³/mol. The number of halogens is 1. The summed E-state index contributed by atoms with van der Waals surface area (Å²) in [7, 11) is 2.04. The molecule has 0 spiro atoms. The smallest absolute Gasteiger partial charge is 0.123 e. The fourth-order valence-electron chi connectivity index (χ4n) is 2.04. The Morgan fingerprint density at radius 1 is 1.29 bits per heavy atom. The van der Waals surface area contributed by atoms with Gasteiger partial charge in [0.2, 0.25) is 0 Å². The SMILES string of the molecule is CCNCc1cn(CCN(C)Cc2ccc(F)cc2)nn1. The third-order valence-electron chi connectivity index (χ3n) is 3.22. The van der Waals surface area contributed by atoms with Gasteiger partial charge in [0.05, 0.1) is 12.2 Å². The second-order valence-corrected chi connectivity index (χ2v) is 5.12. The standard InChI is InChI=1S/C15H22FN5/c1-3-17-10-15-12-21(19-18-15)9-8-20(2)11-13-4-6-14(16)7-5-13/h4-7,12,17H,3,8-11H2,1-2H3. The molecule has 2 rings (SSSR count). The molecule has 6 heteroatoms. The van der Waals surface area contributed by atoms with Gasteiger partial charge in [-0.15, -0.1) is 5.10 Å². The van der Waals surface area contributed by atoms with Crippen LogP contribution in [0.1, 0.15) is 18.2 Å². The van der Waals surface area contributed by atoms with Gasteiger partial charge in [-0.3, -0.25) is 4.68 Å². The molecule has 0 aliphatic heterocycles. The van der Waals surface area contributed by atoms with Crippen LogP contribution in [0.25, 0.3) is 0 Å². The minimum Gasteiger partial charge on any atom is -0.311 e. The van der Waals surface area contributed by atoms with Gasteiger partial charge in [-0.05, 0) is 31.3 Å². The molecule has 0 saturated carbocycles. The van der Waals surface area contributed by atoms with E-state index >= 15 is 0 Å². The number of rotatable bonds is 8. The highest BCUT2D eigenvalue weighted by Crippen LogP contribution is 2.05. The third-order valence-corrected chi connectivity index (χ3v) is 3.22. The molecule has 1 aromatic carbocycles. The number of aromatic nitrogens is 3. The highest BCUT2D eigenvalue weighted by molar-refractivity contribution is 5.15. The van der Waals surface area contributed by atoms with Crippen molar-refractivity contribution in [3.8, 4) is 0 Å². The molecule has 5 nitrogen and oxygen atoms in total. The summed E-state index contributed by atoms with van der Waals surface area (Å²) in [6.07, 6.45) is 1.97. The largest absolute Gasteiger partial charge is 0.311 e. The van der Waals surface area contributed by atoms with Crippen molar-refractivity contribution < 1.29 is 4.39 Å². The third kappa shape index (κ3) is 5.24. The molecular weight excluding hydrogens is 269 g/mol. The Bertz CT molecular complexity index is 537. The van der Waals surface area contributed by atoms with Gasteiger partial charge >= 0.3 is 0 Å². The van der Waals surface area contributed by atoms with Crippen LogP contribution < -0.4 is 5.32 Å². The normalized spacial score (nSPS) is 11.2. The summed E-state index contributed by atoms with van der Waals surface area (Å²) >= 11 is 0. The van der Waals surface area contributed by atoms with Crippen molar-refractivity contribution in [1.29, 1.82) is 0 Å². The molecule has 114 valence electrons. The zero-order valence-electron chi connectivity index (χ0n) is 12.6. The summed E-state index contributed by atoms with van der Waals surface area (Å²) in [6.45, 7) is 6.18. The molecule has 0 radical (unpaired) electrons. The lowest BCUT2D eigenvalue weighted by molar-refractivity contribution is 0.303.